The number of ketones is 1. The minimum atomic E-state index is -0.999. The van der Waals surface area contributed by atoms with Crippen LogP contribution in [0.3, 0.4) is 0 Å². The van der Waals surface area contributed by atoms with Gasteiger partial charge in [-0.2, -0.15) is 10.2 Å². The average molecular weight is 686 g/mol. The molecule has 0 aliphatic carbocycles. The summed E-state index contributed by atoms with van der Waals surface area (Å²) in [7, 11) is 3.90. The van der Waals surface area contributed by atoms with Crippen molar-refractivity contribution < 1.29 is 27.9 Å². The molecule has 0 aromatic heterocycles. The predicted molar refractivity (Wildman–Crippen MR) is 189 cm³/mol. The molecule has 0 unspecified atom stereocenters. The lowest BCUT2D eigenvalue weighted by atomic mass is 10.0. The summed E-state index contributed by atoms with van der Waals surface area (Å²) in [5, 5.41) is 13.8. The van der Waals surface area contributed by atoms with Crippen LogP contribution in [-0.4, -0.2) is 57.4 Å². The van der Waals surface area contributed by atoms with Gasteiger partial charge in [0.25, 0.3) is 11.8 Å². The molecule has 50 heavy (non-hydrogen) atoms. The fraction of sp³-hybridized carbons (Fsp3) is 0.270. The number of ether oxygens (including phenoxy) is 1. The SMILES string of the molecule is CN(C)c1ccc(N=Nc2ccc(C(=O)NCCc3cc(F)c(OCC(=O)[C@H](CCCCN)NC(=O)c4cccc(N)c4)c(F)c3)cc2)cc1. The first kappa shape index (κ1) is 37.1. The van der Waals surface area contributed by atoms with E-state index in [0.717, 1.165) is 17.8 Å². The van der Waals surface area contributed by atoms with Gasteiger partial charge in [0, 0.05) is 43.1 Å². The van der Waals surface area contributed by atoms with E-state index >= 15 is 0 Å². The number of nitrogens with zero attached hydrogens (tertiary/aromatic N) is 3. The Morgan fingerprint density at radius 3 is 2.08 bits per heavy atom. The number of carbonyl (C=O) groups is 3. The smallest absolute Gasteiger partial charge is 0.251 e. The number of nitrogens with one attached hydrogen (secondary N) is 2. The van der Waals surface area contributed by atoms with Crippen LogP contribution in [0.4, 0.5) is 31.5 Å². The number of nitrogens with two attached hydrogens (primary N) is 2. The van der Waals surface area contributed by atoms with E-state index < -0.39 is 41.7 Å². The molecule has 4 rings (SSSR count). The Bertz CT molecular complexity index is 1780. The van der Waals surface area contributed by atoms with Crippen LogP contribution < -0.4 is 31.7 Å². The van der Waals surface area contributed by atoms with Gasteiger partial charge in [-0.15, -0.1) is 0 Å². The molecule has 0 bridgehead atoms. The number of unbranched alkanes of at least 4 members (excludes halogenated alkanes) is 1. The van der Waals surface area contributed by atoms with Crippen molar-refractivity contribution in [2.24, 2.45) is 16.0 Å². The highest BCUT2D eigenvalue weighted by Crippen LogP contribution is 2.25. The Kier molecular flexibility index (Phi) is 13.5. The number of Topliss-reactive ketones (excluding diaryl/α,β-unsaturated/α-hetero) is 1. The van der Waals surface area contributed by atoms with Gasteiger partial charge >= 0.3 is 0 Å². The summed E-state index contributed by atoms with van der Waals surface area (Å²) < 4.78 is 35.1. The second-order valence-electron chi connectivity index (χ2n) is 11.7. The van der Waals surface area contributed by atoms with Crippen LogP contribution in [0.5, 0.6) is 5.75 Å². The zero-order valence-electron chi connectivity index (χ0n) is 28.0. The van der Waals surface area contributed by atoms with Crippen LogP contribution in [0, 0.1) is 11.6 Å². The van der Waals surface area contributed by atoms with Crippen molar-refractivity contribution in [2.75, 3.05) is 44.4 Å². The topological polar surface area (TPSA) is 165 Å². The molecule has 4 aromatic carbocycles. The van der Waals surface area contributed by atoms with Crippen molar-refractivity contribution in [2.45, 2.75) is 31.7 Å². The molecule has 0 radical (unpaired) electrons. The lowest BCUT2D eigenvalue weighted by Gasteiger charge is -2.18. The monoisotopic (exact) mass is 685 g/mol. The molecule has 0 saturated carbocycles. The first-order valence-electron chi connectivity index (χ1n) is 16.1. The maximum atomic E-state index is 14.9. The zero-order valence-corrected chi connectivity index (χ0v) is 28.0. The highest BCUT2D eigenvalue weighted by Gasteiger charge is 2.23. The predicted octanol–water partition coefficient (Wildman–Crippen LogP) is 5.88. The summed E-state index contributed by atoms with van der Waals surface area (Å²) in [5.74, 6) is -4.15. The van der Waals surface area contributed by atoms with Gasteiger partial charge < -0.3 is 31.7 Å². The molecule has 0 saturated heterocycles. The lowest BCUT2D eigenvalue weighted by molar-refractivity contribution is -0.123. The summed E-state index contributed by atoms with van der Waals surface area (Å²) in [4.78, 5) is 40.4. The van der Waals surface area contributed by atoms with Crippen molar-refractivity contribution in [1.82, 2.24) is 10.6 Å². The van der Waals surface area contributed by atoms with Crippen molar-refractivity contribution in [1.29, 1.82) is 0 Å². The van der Waals surface area contributed by atoms with Gasteiger partial charge in [-0.05, 0) is 117 Å². The molecule has 0 spiro atoms. The van der Waals surface area contributed by atoms with E-state index in [1.807, 2.05) is 43.3 Å². The minimum Gasteiger partial charge on any atom is -0.480 e. The largest absolute Gasteiger partial charge is 0.480 e. The van der Waals surface area contributed by atoms with E-state index in [9.17, 15) is 23.2 Å². The summed E-state index contributed by atoms with van der Waals surface area (Å²) in [6.45, 7) is -0.155. The van der Waals surface area contributed by atoms with Gasteiger partial charge in [0.15, 0.2) is 23.2 Å². The third-order valence-corrected chi connectivity index (χ3v) is 7.68. The molecule has 6 N–H and O–H groups in total. The minimum absolute atomic E-state index is 0.109. The van der Waals surface area contributed by atoms with Crippen LogP contribution in [0.1, 0.15) is 45.5 Å². The number of benzene rings is 4. The highest BCUT2D eigenvalue weighted by molar-refractivity contribution is 5.98. The Labute approximate surface area is 289 Å². The van der Waals surface area contributed by atoms with Gasteiger partial charge in [-0.1, -0.05) is 6.07 Å². The molecule has 11 nitrogen and oxygen atoms in total. The van der Waals surface area contributed by atoms with Gasteiger partial charge in [-0.3, -0.25) is 14.4 Å². The Balaban J connectivity index is 1.28. The molecule has 4 aromatic rings. The second kappa shape index (κ2) is 18.2. The standard InChI is InChI=1S/C37H41F2N7O4/c1-46(2)30-15-13-29(14-16-30)45-44-28-11-9-25(10-12-28)36(48)42-19-17-24-20-31(38)35(32(39)21-24)50-23-34(47)33(8-3-4-18-40)43-37(49)26-6-5-7-27(41)22-26/h5-7,9-16,20-22,33H,3-4,8,17-19,23,40-41H2,1-2H3,(H,42,48)(H,43,49)/t33-/m0/s1. The quantitative estimate of drug-likeness (QED) is 0.0613. The van der Waals surface area contributed by atoms with Gasteiger partial charge in [0.2, 0.25) is 0 Å². The molecule has 262 valence electrons. The second-order valence-corrected chi connectivity index (χ2v) is 11.7. The number of hydrogen-bond acceptors (Lipinski definition) is 9. The van der Waals surface area contributed by atoms with Crippen LogP contribution >= 0.6 is 0 Å². The lowest BCUT2D eigenvalue weighted by Crippen LogP contribution is -2.43. The maximum absolute atomic E-state index is 14.9. The number of anilines is 2. The van der Waals surface area contributed by atoms with Crippen LogP contribution in [0.2, 0.25) is 0 Å². The van der Waals surface area contributed by atoms with Crippen molar-refractivity contribution >= 4 is 40.3 Å². The van der Waals surface area contributed by atoms with Crippen molar-refractivity contribution in [3.05, 3.63) is 113 Å². The van der Waals surface area contributed by atoms with Crippen LogP contribution in [0.15, 0.2) is 95.2 Å². The Morgan fingerprint density at radius 1 is 0.840 bits per heavy atom. The average Bonchev–Trinajstić information content (AvgIpc) is 3.10. The van der Waals surface area contributed by atoms with Crippen molar-refractivity contribution in [3.63, 3.8) is 0 Å². The number of rotatable bonds is 17. The van der Waals surface area contributed by atoms with Crippen molar-refractivity contribution in [3.8, 4) is 5.75 Å². The number of azo groups is 1. The molecular weight excluding hydrogens is 644 g/mol. The van der Waals surface area contributed by atoms with Crippen LogP contribution in [-0.2, 0) is 11.2 Å². The van der Waals surface area contributed by atoms with E-state index in [1.54, 1.807) is 42.5 Å². The third-order valence-electron chi connectivity index (χ3n) is 7.68. The first-order chi connectivity index (χ1) is 24.0. The fourth-order valence-corrected chi connectivity index (χ4v) is 4.90. The van der Waals surface area contributed by atoms with E-state index in [2.05, 4.69) is 20.9 Å². The summed E-state index contributed by atoms with van der Waals surface area (Å²) in [6, 6.07) is 21.6. The van der Waals surface area contributed by atoms with Gasteiger partial charge in [0.1, 0.15) is 6.61 Å². The fourth-order valence-electron chi connectivity index (χ4n) is 4.90. The number of carbonyl (C=O) groups excluding carboxylic acids is 3. The molecule has 0 aliphatic rings. The molecular formula is C37H41F2N7O4. The van der Waals surface area contributed by atoms with Gasteiger partial charge in [-0.25, -0.2) is 8.78 Å². The summed E-state index contributed by atoms with van der Waals surface area (Å²) >= 11 is 0. The first-order valence-corrected chi connectivity index (χ1v) is 16.1. The zero-order chi connectivity index (χ0) is 36.0. The van der Waals surface area contributed by atoms with Crippen LogP contribution in [0.25, 0.3) is 0 Å². The Hall–Kier alpha value is -5.69. The number of hydrogen-bond donors (Lipinski definition) is 4. The van der Waals surface area contributed by atoms with E-state index in [1.165, 1.54) is 6.07 Å². The maximum Gasteiger partial charge on any atom is 0.251 e. The number of amides is 2. The van der Waals surface area contributed by atoms with E-state index in [-0.39, 0.29) is 36.4 Å². The Morgan fingerprint density at radius 2 is 1.48 bits per heavy atom. The molecule has 0 heterocycles. The highest BCUT2D eigenvalue weighted by atomic mass is 19.1. The summed E-state index contributed by atoms with van der Waals surface area (Å²) in [5.41, 5.74) is 15.0. The molecule has 2 amide bonds. The molecule has 1 atom stereocenters. The van der Waals surface area contributed by atoms with E-state index in [4.69, 9.17) is 16.2 Å². The normalized spacial score (nSPS) is 11.6. The summed E-state index contributed by atoms with van der Waals surface area (Å²) in [6.07, 6.45) is 1.57. The van der Waals surface area contributed by atoms with Gasteiger partial charge in [0.05, 0.1) is 17.4 Å². The molecule has 13 heteroatoms. The molecule has 0 aliphatic heterocycles. The number of nitrogen functional groups attached to an aromatic ring is 1. The third kappa shape index (κ3) is 10.9. The number of halogens is 2. The molecule has 0 fully saturated rings. The van der Waals surface area contributed by atoms with E-state index in [0.29, 0.717) is 42.0 Å².